The van der Waals surface area contributed by atoms with E-state index in [1.807, 2.05) is 31.2 Å². The lowest BCUT2D eigenvalue weighted by atomic mass is 10.2. The van der Waals surface area contributed by atoms with Crippen molar-refractivity contribution in [3.63, 3.8) is 0 Å². The van der Waals surface area contributed by atoms with Gasteiger partial charge in [-0.15, -0.1) is 0 Å². The molecule has 23 heavy (non-hydrogen) atoms. The maximum atomic E-state index is 11.5. The second-order valence-corrected chi connectivity index (χ2v) is 5.96. The fourth-order valence-electron chi connectivity index (χ4n) is 1.54. The minimum Gasteiger partial charge on any atom is -0.473 e. The van der Waals surface area contributed by atoms with Crippen molar-refractivity contribution < 1.29 is 19.1 Å². The van der Waals surface area contributed by atoms with E-state index in [9.17, 15) is 9.59 Å². The zero-order valence-corrected chi connectivity index (χ0v) is 14.1. The number of hydrogen-bond acceptors (Lipinski definition) is 4. The van der Waals surface area contributed by atoms with Crippen LogP contribution < -0.4 is 20.7 Å². The van der Waals surface area contributed by atoms with Gasteiger partial charge in [-0.1, -0.05) is 17.7 Å². The third-order valence-electron chi connectivity index (χ3n) is 2.57. The summed E-state index contributed by atoms with van der Waals surface area (Å²) in [6.45, 7) is 7.97. The van der Waals surface area contributed by atoms with Crippen molar-refractivity contribution in [2.24, 2.45) is 0 Å². The highest BCUT2D eigenvalue weighted by atomic mass is 16.6. The van der Waals surface area contributed by atoms with Crippen molar-refractivity contribution in [3.8, 4) is 5.75 Å². The van der Waals surface area contributed by atoms with E-state index >= 15 is 0 Å². The smallest absolute Gasteiger partial charge is 0.407 e. The molecule has 7 heteroatoms. The molecule has 0 aliphatic heterocycles. The first-order valence-corrected chi connectivity index (χ1v) is 7.44. The van der Waals surface area contributed by atoms with Gasteiger partial charge in [-0.2, -0.15) is 0 Å². The van der Waals surface area contributed by atoms with Crippen molar-refractivity contribution in [2.45, 2.75) is 33.3 Å². The Bertz CT molecular complexity index is 509. The summed E-state index contributed by atoms with van der Waals surface area (Å²) < 4.78 is 10.4. The summed E-state index contributed by atoms with van der Waals surface area (Å²) in [5.41, 5.74) is 0.600. The van der Waals surface area contributed by atoms with Gasteiger partial charge in [0.2, 0.25) is 0 Å². The number of amides is 3. The van der Waals surface area contributed by atoms with Gasteiger partial charge in [-0.3, -0.25) is 0 Å². The van der Waals surface area contributed by atoms with Crippen LogP contribution in [0.5, 0.6) is 5.75 Å². The zero-order valence-electron chi connectivity index (χ0n) is 14.1. The predicted octanol–water partition coefficient (Wildman–Crippen LogP) is 2.16. The summed E-state index contributed by atoms with van der Waals surface area (Å²) in [6, 6.07) is 7.15. The summed E-state index contributed by atoms with van der Waals surface area (Å²) in [4.78, 5) is 22.9. The SMILES string of the molecule is Cc1ccc(OCNC(=O)NCCNC(=O)OC(C)(C)C)cc1. The number of benzene rings is 1. The van der Waals surface area contributed by atoms with E-state index in [2.05, 4.69) is 16.0 Å². The summed E-state index contributed by atoms with van der Waals surface area (Å²) in [6.07, 6.45) is -0.512. The Balaban J connectivity index is 2.08. The predicted molar refractivity (Wildman–Crippen MR) is 87.4 cm³/mol. The van der Waals surface area contributed by atoms with Crippen molar-refractivity contribution >= 4 is 12.1 Å². The van der Waals surface area contributed by atoms with Crippen LogP contribution in [0, 0.1) is 6.92 Å². The van der Waals surface area contributed by atoms with E-state index in [1.165, 1.54) is 0 Å². The standard InChI is InChI=1S/C16H25N3O4/c1-12-5-7-13(8-6-12)22-11-19-14(20)17-9-10-18-15(21)23-16(2,3)4/h5-8H,9-11H2,1-4H3,(H,18,21)(H2,17,19,20). The van der Waals surface area contributed by atoms with Crippen molar-refractivity contribution in [1.82, 2.24) is 16.0 Å². The normalized spacial score (nSPS) is 10.6. The van der Waals surface area contributed by atoms with Crippen molar-refractivity contribution in [3.05, 3.63) is 29.8 Å². The Kier molecular flexibility index (Phi) is 7.18. The zero-order chi connectivity index (χ0) is 17.3. The number of carbonyl (C=O) groups is 2. The minimum absolute atomic E-state index is 0.0639. The van der Waals surface area contributed by atoms with E-state index in [-0.39, 0.29) is 25.9 Å². The molecule has 0 saturated heterocycles. The van der Waals surface area contributed by atoms with Crippen LogP contribution in [0.15, 0.2) is 24.3 Å². The van der Waals surface area contributed by atoms with Crippen LogP contribution in [0.1, 0.15) is 26.3 Å². The van der Waals surface area contributed by atoms with Crippen LogP contribution in [0.25, 0.3) is 0 Å². The molecule has 0 aromatic heterocycles. The topological polar surface area (TPSA) is 88.7 Å². The van der Waals surface area contributed by atoms with E-state index in [1.54, 1.807) is 20.8 Å². The number of hydrogen-bond donors (Lipinski definition) is 3. The van der Waals surface area contributed by atoms with Crippen LogP contribution in [-0.4, -0.2) is 37.5 Å². The van der Waals surface area contributed by atoms with Gasteiger partial charge in [0.15, 0.2) is 6.73 Å². The second-order valence-electron chi connectivity index (χ2n) is 5.96. The number of carbonyl (C=O) groups excluding carboxylic acids is 2. The fourth-order valence-corrected chi connectivity index (χ4v) is 1.54. The molecule has 0 radical (unpaired) electrons. The van der Waals surface area contributed by atoms with Crippen LogP contribution >= 0.6 is 0 Å². The molecule has 0 atom stereocenters. The summed E-state index contributed by atoms with van der Waals surface area (Å²) >= 11 is 0. The molecule has 0 spiro atoms. The molecule has 0 aliphatic rings. The fraction of sp³-hybridized carbons (Fsp3) is 0.500. The highest BCUT2D eigenvalue weighted by molar-refractivity contribution is 5.73. The van der Waals surface area contributed by atoms with Gasteiger partial charge in [-0.05, 0) is 39.8 Å². The molecule has 1 aromatic carbocycles. The molecule has 1 aromatic rings. The Hall–Kier alpha value is -2.44. The molecule has 128 valence electrons. The number of nitrogens with one attached hydrogen (secondary N) is 3. The lowest BCUT2D eigenvalue weighted by molar-refractivity contribution is 0.0528. The van der Waals surface area contributed by atoms with Gasteiger partial charge in [0, 0.05) is 13.1 Å². The molecule has 7 nitrogen and oxygen atoms in total. The van der Waals surface area contributed by atoms with Crippen LogP contribution in [0.2, 0.25) is 0 Å². The van der Waals surface area contributed by atoms with Crippen molar-refractivity contribution in [2.75, 3.05) is 19.8 Å². The number of ether oxygens (including phenoxy) is 2. The van der Waals surface area contributed by atoms with Gasteiger partial charge in [0.25, 0.3) is 0 Å². The Morgan fingerprint density at radius 1 is 1.00 bits per heavy atom. The van der Waals surface area contributed by atoms with Crippen LogP contribution in [0.4, 0.5) is 9.59 Å². The number of rotatable bonds is 6. The third-order valence-corrected chi connectivity index (χ3v) is 2.57. The highest BCUT2D eigenvalue weighted by Gasteiger charge is 2.15. The maximum absolute atomic E-state index is 11.5. The molecule has 0 saturated carbocycles. The van der Waals surface area contributed by atoms with Crippen LogP contribution in [0.3, 0.4) is 0 Å². The minimum atomic E-state index is -0.539. The van der Waals surface area contributed by atoms with Gasteiger partial charge in [0.05, 0.1) is 0 Å². The molecule has 0 heterocycles. The lowest BCUT2D eigenvalue weighted by Gasteiger charge is -2.19. The first-order chi connectivity index (χ1) is 10.8. The summed E-state index contributed by atoms with van der Waals surface area (Å²) in [7, 11) is 0. The molecule has 3 N–H and O–H groups in total. The molecule has 3 amide bonds. The third kappa shape index (κ3) is 9.23. The number of alkyl carbamates (subject to hydrolysis) is 1. The van der Waals surface area contributed by atoms with Gasteiger partial charge in [0.1, 0.15) is 11.4 Å². The first-order valence-electron chi connectivity index (χ1n) is 7.44. The second kappa shape index (κ2) is 8.87. The maximum Gasteiger partial charge on any atom is 0.407 e. The van der Waals surface area contributed by atoms with E-state index in [4.69, 9.17) is 9.47 Å². The molecule has 0 bridgehead atoms. The Morgan fingerprint density at radius 2 is 1.61 bits per heavy atom. The molecule has 0 aliphatic carbocycles. The Morgan fingerprint density at radius 3 is 2.22 bits per heavy atom. The van der Waals surface area contributed by atoms with Crippen LogP contribution in [-0.2, 0) is 4.74 Å². The quantitative estimate of drug-likeness (QED) is 0.553. The molecular weight excluding hydrogens is 298 g/mol. The number of aryl methyl sites for hydroxylation is 1. The Labute approximate surface area is 136 Å². The molecular formula is C16H25N3O4. The summed E-state index contributed by atoms with van der Waals surface area (Å²) in [5.74, 6) is 0.683. The lowest BCUT2D eigenvalue weighted by Crippen LogP contribution is -2.42. The van der Waals surface area contributed by atoms with E-state index in [0.29, 0.717) is 5.75 Å². The van der Waals surface area contributed by atoms with Crippen molar-refractivity contribution in [1.29, 1.82) is 0 Å². The molecule has 0 fully saturated rings. The van der Waals surface area contributed by atoms with Gasteiger partial charge < -0.3 is 25.4 Å². The number of urea groups is 1. The molecule has 1 rings (SSSR count). The van der Waals surface area contributed by atoms with Gasteiger partial charge >= 0.3 is 12.1 Å². The highest BCUT2D eigenvalue weighted by Crippen LogP contribution is 2.10. The molecule has 0 unspecified atom stereocenters. The van der Waals surface area contributed by atoms with E-state index < -0.39 is 11.7 Å². The monoisotopic (exact) mass is 323 g/mol. The van der Waals surface area contributed by atoms with Gasteiger partial charge in [-0.25, -0.2) is 9.59 Å². The average Bonchev–Trinajstić information content (AvgIpc) is 2.44. The summed E-state index contributed by atoms with van der Waals surface area (Å²) in [5, 5.41) is 7.70. The first kappa shape index (κ1) is 18.6. The average molecular weight is 323 g/mol. The van der Waals surface area contributed by atoms with E-state index in [0.717, 1.165) is 5.56 Å². The largest absolute Gasteiger partial charge is 0.473 e.